The van der Waals surface area contributed by atoms with Crippen LogP contribution in [0.25, 0.3) is 0 Å². The van der Waals surface area contributed by atoms with Crippen LogP contribution in [-0.2, 0) is 11.0 Å². The molecule has 0 heterocycles. The molecular weight excluding hydrogens is 479 g/mol. The van der Waals surface area contributed by atoms with Gasteiger partial charge in [0.05, 0.1) is 17.0 Å². The van der Waals surface area contributed by atoms with E-state index in [-0.39, 0.29) is 16.5 Å². The molecule has 3 aromatic carbocycles. The van der Waals surface area contributed by atoms with Crippen LogP contribution in [0, 0.1) is 0 Å². The second kappa shape index (κ2) is 10.7. The van der Waals surface area contributed by atoms with Crippen molar-refractivity contribution >= 4 is 63.7 Å². The number of benzene rings is 3. The molecule has 0 aliphatic rings. The molecule has 0 aromatic heterocycles. The zero-order valence-electron chi connectivity index (χ0n) is 16.4. The van der Waals surface area contributed by atoms with Crippen molar-refractivity contribution in [1.29, 1.82) is 0 Å². The van der Waals surface area contributed by atoms with Gasteiger partial charge in [0.2, 0.25) is 5.91 Å². The van der Waals surface area contributed by atoms with Crippen LogP contribution in [0.4, 0.5) is 30.2 Å². The van der Waals surface area contributed by atoms with E-state index in [2.05, 4.69) is 16.0 Å². The predicted octanol–water partition coefficient (Wildman–Crippen LogP) is 6.90. The highest BCUT2D eigenvalue weighted by molar-refractivity contribution is 8.00. The van der Waals surface area contributed by atoms with Crippen molar-refractivity contribution in [2.75, 3.05) is 21.7 Å². The van der Waals surface area contributed by atoms with Gasteiger partial charge in [0, 0.05) is 21.3 Å². The lowest BCUT2D eigenvalue weighted by molar-refractivity contribution is -0.137. The lowest BCUT2D eigenvalue weighted by Crippen LogP contribution is -2.19. The smallest absolute Gasteiger partial charge is 0.332 e. The third-order valence-corrected chi connectivity index (χ3v) is 5.53. The zero-order valence-corrected chi connectivity index (χ0v) is 18.8. The Morgan fingerprint density at radius 3 is 2.16 bits per heavy atom. The van der Waals surface area contributed by atoms with E-state index in [9.17, 15) is 18.0 Å². The van der Waals surface area contributed by atoms with Gasteiger partial charge in [0.25, 0.3) is 0 Å². The number of alkyl halides is 3. The normalized spacial score (nSPS) is 11.0. The third kappa shape index (κ3) is 7.15. The van der Waals surface area contributed by atoms with E-state index in [0.29, 0.717) is 5.11 Å². The monoisotopic (exact) mass is 495 g/mol. The van der Waals surface area contributed by atoms with Crippen molar-refractivity contribution < 1.29 is 18.0 Å². The number of carbonyl (C=O) groups excluding carboxylic acids is 1. The number of nitrogens with one attached hydrogen (secondary N) is 3. The fourth-order valence-corrected chi connectivity index (χ4v) is 3.75. The molecule has 0 aliphatic carbocycles. The maximum Gasteiger partial charge on any atom is 0.418 e. The first-order valence-corrected chi connectivity index (χ1v) is 11.0. The summed E-state index contributed by atoms with van der Waals surface area (Å²) in [5.74, 6) is -0.612. The second-order valence-corrected chi connectivity index (χ2v) is 8.39. The average molecular weight is 496 g/mol. The summed E-state index contributed by atoms with van der Waals surface area (Å²) in [5, 5.41) is 8.79. The van der Waals surface area contributed by atoms with Crippen molar-refractivity contribution in [3.63, 3.8) is 0 Å². The lowest BCUT2D eigenvalue weighted by atomic mass is 10.1. The van der Waals surface area contributed by atoms with Crippen LogP contribution in [0.15, 0.2) is 77.7 Å². The van der Waals surface area contributed by atoms with Crippen LogP contribution in [0.3, 0.4) is 0 Å². The van der Waals surface area contributed by atoms with Gasteiger partial charge in [0.15, 0.2) is 5.11 Å². The minimum atomic E-state index is -4.63. The van der Waals surface area contributed by atoms with Gasteiger partial charge < -0.3 is 16.0 Å². The predicted molar refractivity (Wildman–Crippen MR) is 129 cm³/mol. The molecule has 0 fully saturated rings. The van der Waals surface area contributed by atoms with Gasteiger partial charge in [-0.2, -0.15) is 13.2 Å². The van der Waals surface area contributed by atoms with Crippen LogP contribution in [0.1, 0.15) is 5.56 Å². The van der Waals surface area contributed by atoms with E-state index in [1.54, 1.807) is 24.3 Å². The molecule has 0 saturated heterocycles. The Morgan fingerprint density at radius 2 is 1.53 bits per heavy atom. The molecule has 4 nitrogen and oxygen atoms in total. The summed E-state index contributed by atoms with van der Waals surface area (Å²) in [6, 6.07) is 19.8. The molecule has 0 aliphatic heterocycles. The number of thioether (sulfide) groups is 1. The molecule has 3 N–H and O–H groups in total. The Morgan fingerprint density at radius 1 is 0.906 bits per heavy atom. The SMILES string of the molecule is O=C(CSc1ccc(NC(=S)Nc2ccccc2)cc1)Nc1ccc(Cl)cc1C(F)(F)F. The first-order chi connectivity index (χ1) is 15.2. The molecule has 32 heavy (non-hydrogen) atoms. The quantitative estimate of drug-likeness (QED) is 0.256. The molecule has 1 amide bonds. The zero-order chi connectivity index (χ0) is 23.1. The number of hydrogen-bond acceptors (Lipinski definition) is 3. The van der Waals surface area contributed by atoms with Crippen molar-refractivity contribution in [1.82, 2.24) is 0 Å². The molecular formula is C22H17ClF3N3OS2. The molecule has 3 aromatic rings. The van der Waals surface area contributed by atoms with E-state index in [1.807, 2.05) is 30.3 Å². The number of para-hydroxylation sites is 1. The van der Waals surface area contributed by atoms with Gasteiger partial charge in [-0.15, -0.1) is 11.8 Å². The Hall–Kier alpha value is -2.75. The van der Waals surface area contributed by atoms with E-state index in [1.165, 1.54) is 17.8 Å². The van der Waals surface area contributed by atoms with Crippen LogP contribution in [-0.4, -0.2) is 16.8 Å². The molecule has 166 valence electrons. The highest BCUT2D eigenvalue weighted by Crippen LogP contribution is 2.36. The fourth-order valence-electron chi connectivity index (χ4n) is 2.64. The van der Waals surface area contributed by atoms with E-state index >= 15 is 0 Å². The van der Waals surface area contributed by atoms with Crippen LogP contribution < -0.4 is 16.0 Å². The molecule has 0 radical (unpaired) electrons. The second-order valence-electron chi connectivity index (χ2n) is 6.49. The summed E-state index contributed by atoms with van der Waals surface area (Å²) in [7, 11) is 0. The average Bonchev–Trinajstić information content (AvgIpc) is 2.74. The van der Waals surface area contributed by atoms with E-state index < -0.39 is 17.6 Å². The molecule has 0 bridgehead atoms. The van der Waals surface area contributed by atoms with Crippen molar-refractivity contribution in [3.8, 4) is 0 Å². The largest absolute Gasteiger partial charge is 0.418 e. The van der Waals surface area contributed by atoms with E-state index in [0.717, 1.165) is 28.4 Å². The number of rotatable bonds is 6. The number of hydrogen-bond donors (Lipinski definition) is 3. The highest BCUT2D eigenvalue weighted by atomic mass is 35.5. The molecule has 0 unspecified atom stereocenters. The topological polar surface area (TPSA) is 53.2 Å². The van der Waals surface area contributed by atoms with Gasteiger partial charge in [-0.25, -0.2) is 0 Å². The van der Waals surface area contributed by atoms with Gasteiger partial charge in [-0.3, -0.25) is 4.79 Å². The molecule has 0 spiro atoms. The van der Waals surface area contributed by atoms with Crippen LogP contribution in [0.5, 0.6) is 0 Å². The summed E-state index contributed by atoms with van der Waals surface area (Å²) in [6.07, 6.45) is -4.63. The van der Waals surface area contributed by atoms with Crippen molar-refractivity contribution in [3.05, 3.63) is 83.4 Å². The van der Waals surface area contributed by atoms with E-state index in [4.69, 9.17) is 23.8 Å². The molecule has 3 rings (SSSR count). The summed E-state index contributed by atoms with van der Waals surface area (Å²) in [5.41, 5.74) is 0.297. The van der Waals surface area contributed by atoms with Gasteiger partial charge in [-0.1, -0.05) is 29.8 Å². The maximum absolute atomic E-state index is 13.1. The summed E-state index contributed by atoms with van der Waals surface area (Å²) >= 11 is 12.1. The minimum absolute atomic E-state index is 0.0549. The number of amides is 1. The van der Waals surface area contributed by atoms with Crippen molar-refractivity contribution in [2.24, 2.45) is 0 Å². The number of halogens is 4. The first kappa shape index (κ1) is 23.9. The Labute approximate surface area is 197 Å². The lowest BCUT2D eigenvalue weighted by Gasteiger charge is -2.14. The first-order valence-electron chi connectivity index (χ1n) is 9.23. The fraction of sp³-hybridized carbons (Fsp3) is 0.0909. The Bertz CT molecular complexity index is 1090. The number of thiocarbonyl (C=S) groups is 1. The minimum Gasteiger partial charge on any atom is -0.332 e. The molecule has 0 atom stereocenters. The van der Waals surface area contributed by atoms with Gasteiger partial charge in [-0.05, 0) is 66.8 Å². The van der Waals surface area contributed by atoms with Gasteiger partial charge in [0.1, 0.15) is 0 Å². The summed E-state index contributed by atoms with van der Waals surface area (Å²) in [4.78, 5) is 12.9. The van der Waals surface area contributed by atoms with Crippen LogP contribution >= 0.6 is 35.6 Å². The number of carbonyl (C=O) groups is 1. The Kier molecular flexibility index (Phi) is 8.00. The molecule has 10 heteroatoms. The highest BCUT2D eigenvalue weighted by Gasteiger charge is 2.34. The number of anilines is 3. The maximum atomic E-state index is 13.1. The summed E-state index contributed by atoms with van der Waals surface area (Å²) in [6.45, 7) is 0. The van der Waals surface area contributed by atoms with Crippen LogP contribution in [0.2, 0.25) is 5.02 Å². The standard InChI is InChI=1S/C22H17ClF3N3OS2/c23-14-6-11-19(18(12-14)22(24,25)26)29-20(30)13-32-17-9-7-16(8-10-17)28-21(31)27-15-4-2-1-3-5-15/h1-12H,13H2,(H,29,30)(H2,27,28,31). The van der Waals surface area contributed by atoms with Gasteiger partial charge >= 0.3 is 6.18 Å². The molecule has 0 saturated carbocycles. The van der Waals surface area contributed by atoms with Crippen molar-refractivity contribution in [2.45, 2.75) is 11.1 Å². The third-order valence-electron chi connectivity index (χ3n) is 4.07. The Balaban J connectivity index is 1.52. The summed E-state index contributed by atoms with van der Waals surface area (Å²) < 4.78 is 39.4.